The molecule has 0 fully saturated rings. The van der Waals surface area contributed by atoms with Crippen LogP contribution in [0.2, 0.25) is 0 Å². The van der Waals surface area contributed by atoms with E-state index >= 15 is 0 Å². The molecule has 0 saturated heterocycles. The predicted molar refractivity (Wildman–Crippen MR) is 65.3 cm³/mol. The minimum atomic E-state index is 0.656. The van der Waals surface area contributed by atoms with E-state index in [1.54, 1.807) is 0 Å². The van der Waals surface area contributed by atoms with Crippen molar-refractivity contribution in [3.63, 3.8) is 0 Å². The Bertz CT molecular complexity index is 445. The van der Waals surface area contributed by atoms with Gasteiger partial charge >= 0.3 is 0 Å². The summed E-state index contributed by atoms with van der Waals surface area (Å²) in [7, 11) is 0. The maximum atomic E-state index is 5.54. The first-order valence-electron chi connectivity index (χ1n) is 5.56. The molecule has 0 saturated carbocycles. The fraction of sp³-hybridized carbons (Fsp3) is 0.308. The molecule has 0 radical (unpaired) electrons. The summed E-state index contributed by atoms with van der Waals surface area (Å²) in [5.41, 5.74) is 9.16. The van der Waals surface area contributed by atoms with E-state index in [-0.39, 0.29) is 0 Å². The third-order valence-electron chi connectivity index (χ3n) is 2.78. The van der Waals surface area contributed by atoms with Crippen molar-refractivity contribution < 1.29 is 0 Å². The maximum Gasteiger partial charge on any atom is 0.0954 e. The van der Waals surface area contributed by atoms with Crippen LogP contribution in [0.1, 0.15) is 17.0 Å². The summed E-state index contributed by atoms with van der Waals surface area (Å²) >= 11 is 0. The molecule has 16 heavy (non-hydrogen) atoms. The molecular weight excluding hydrogens is 198 g/mol. The van der Waals surface area contributed by atoms with Crippen LogP contribution >= 0.6 is 0 Å². The molecule has 2 N–H and O–H groups in total. The monoisotopic (exact) mass is 215 g/mol. The number of imidazole rings is 1. The first-order valence-corrected chi connectivity index (χ1v) is 5.56. The minimum absolute atomic E-state index is 0.656. The van der Waals surface area contributed by atoms with Crippen molar-refractivity contribution in [2.45, 2.75) is 19.9 Å². The van der Waals surface area contributed by atoms with Crippen LogP contribution in [0.4, 0.5) is 0 Å². The summed E-state index contributed by atoms with van der Waals surface area (Å²) in [5, 5.41) is 0. The Morgan fingerprint density at radius 3 is 2.69 bits per heavy atom. The van der Waals surface area contributed by atoms with E-state index in [0.29, 0.717) is 6.54 Å². The van der Waals surface area contributed by atoms with Crippen molar-refractivity contribution in [3.05, 3.63) is 53.6 Å². The number of benzene rings is 1. The molecule has 0 spiro atoms. The van der Waals surface area contributed by atoms with Gasteiger partial charge in [-0.25, -0.2) is 4.98 Å². The maximum absolute atomic E-state index is 5.54. The molecule has 0 atom stereocenters. The average molecular weight is 215 g/mol. The van der Waals surface area contributed by atoms with Crippen LogP contribution in [-0.4, -0.2) is 16.1 Å². The number of hydrogen-bond acceptors (Lipinski definition) is 2. The molecule has 1 aromatic carbocycles. The lowest BCUT2D eigenvalue weighted by Gasteiger charge is -2.05. The van der Waals surface area contributed by atoms with Gasteiger partial charge in [-0.15, -0.1) is 0 Å². The van der Waals surface area contributed by atoms with Gasteiger partial charge in [0.2, 0.25) is 0 Å². The lowest BCUT2D eigenvalue weighted by atomic mass is 10.2. The Labute approximate surface area is 95.9 Å². The third kappa shape index (κ3) is 2.31. The molecule has 0 amide bonds. The van der Waals surface area contributed by atoms with Crippen LogP contribution in [0.15, 0.2) is 36.7 Å². The number of aromatic nitrogens is 2. The highest BCUT2D eigenvalue weighted by Crippen LogP contribution is 2.09. The molecule has 2 aromatic rings. The van der Waals surface area contributed by atoms with Crippen LogP contribution in [-0.2, 0) is 13.0 Å². The quantitative estimate of drug-likeness (QED) is 0.844. The van der Waals surface area contributed by atoms with Crippen LogP contribution in [0, 0.1) is 6.92 Å². The van der Waals surface area contributed by atoms with Crippen molar-refractivity contribution in [2.24, 2.45) is 5.73 Å². The van der Waals surface area contributed by atoms with E-state index in [1.807, 2.05) is 12.4 Å². The summed E-state index contributed by atoms with van der Waals surface area (Å²) < 4.78 is 2.17. The van der Waals surface area contributed by atoms with Crippen molar-refractivity contribution in [3.8, 4) is 0 Å². The molecule has 0 unspecified atom stereocenters. The number of nitrogens with two attached hydrogens (primary N) is 1. The second-order valence-electron chi connectivity index (χ2n) is 3.93. The van der Waals surface area contributed by atoms with E-state index < -0.39 is 0 Å². The first-order chi connectivity index (χ1) is 7.81. The Morgan fingerprint density at radius 2 is 2.00 bits per heavy atom. The first kappa shape index (κ1) is 10.9. The number of rotatable bonds is 4. The molecule has 3 heteroatoms. The molecule has 1 aromatic heterocycles. The fourth-order valence-corrected chi connectivity index (χ4v) is 1.81. The van der Waals surface area contributed by atoms with Crippen LogP contribution in [0.5, 0.6) is 0 Å². The normalized spacial score (nSPS) is 10.6. The zero-order chi connectivity index (χ0) is 11.4. The van der Waals surface area contributed by atoms with Crippen molar-refractivity contribution in [2.75, 3.05) is 6.54 Å². The lowest BCUT2D eigenvalue weighted by molar-refractivity contribution is 0.765. The third-order valence-corrected chi connectivity index (χ3v) is 2.78. The van der Waals surface area contributed by atoms with Gasteiger partial charge in [0.15, 0.2) is 0 Å². The Kier molecular flexibility index (Phi) is 3.37. The van der Waals surface area contributed by atoms with Gasteiger partial charge in [0.1, 0.15) is 0 Å². The van der Waals surface area contributed by atoms with E-state index in [4.69, 9.17) is 5.73 Å². The van der Waals surface area contributed by atoms with Gasteiger partial charge in [-0.3, -0.25) is 0 Å². The topological polar surface area (TPSA) is 43.8 Å². The van der Waals surface area contributed by atoms with Gasteiger partial charge in [-0.2, -0.15) is 0 Å². The zero-order valence-corrected chi connectivity index (χ0v) is 9.56. The van der Waals surface area contributed by atoms with E-state index in [1.165, 1.54) is 11.3 Å². The molecule has 0 aliphatic carbocycles. The molecule has 3 nitrogen and oxygen atoms in total. The smallest absolute Gasteiger partial charge is 0.0954 e. The van der Waals surface area contributed by atoms with Crippen molar-refractivity contribution >= 4 is 0 Å². The van der Waals surface area contributed by atoms with Crippen molar-refractivity contribution in [1.29, 1.82) is 0 Å². The second kappa shape index (κ2) is 4.94. The Morgan fingerprint density at radius 1 is 1.25 bits per heavy atom. The van der Waals surface area contributed by atoms with E-state index in [9.17, 15) is 0 Å². The Hall–Kier alpha value is -1.61. The van der Waals surface area contributed by atoms with Gasteiger partial charge < -0.3 is 10.3 Å². The highest BCUT2D eigenvalue weighted by Gasteiger charge is 2.05. The van der Waals surface area contributed by atoms with Gasteiger partial charge in [-0.05, 0) is 19.0 Å². The van der Waals surface area contributed by atoms with Gasteiger partial charge in [0, 0.05) is 18.7 Å². The number of hydrogen-bond donors (Lipinski definition) is 1. The summed E-state index contributed by atoms with van der Waals surface area (Å²) in [6.07, 6.45) is 2.75. The fourth-order valence-electron chi connectivity index (χ4n) is 1.81. The standard InChI is InChI=1S/C13H17N3/c1-11-13(7-8-14)15-10-16(11)9-12-5-3-2-4-6-12/h2-6,10H,7-9,14H2,1H3. The van der Waals surface area contributed by atoms with Crippen molar-refractivity contribution in [1.82, 2.24) is 9.55 Å². The van der Waals surface area contributed by atoms with Crippen LogP contribution < -0.4 is 5.73 Å². The SMILES string of the molecule is Cc1c(CCN)ncn1Cc1ccccc1. The minimum Gasteiger partial charge on any atom is -0.330 e. The highest BCUT2D eigenvalue weighted by molar-refractivity contribution is 5.18. The van der Waals surface area contributed by atoms with E-state index in [2.05, 4.69) is 40.7 Å². The highest BCUT2D eigenvalue weighted by atomic mass is 15.1. The van der Waals surface area contributed by atoms with Gasteiger partial charge in [0.25, 0.3) is 0 Å². The van der Waals surface area contributed by atoms with Gasteiger partial charge in [-0.1, -0.05) is 30.3 Å². The van der Waals surface area contributed by atoms with Crippen LogP contribution in [0.3, 0.4) is 0 Å². The van der Waals surface area contributed by atoms with E-state index in [0.717, 1.165) is 18.7 Å². The molecule has 84 valence electrons. The van der Waals surface area contributed by atoms with Gasteiger partial charge in [0.05, 0.1) is 12.0 Å². The summed E-state index contributed by atoms with van der Waals surface area (Å²) in [6, 6.07) is 10.4. The summed E-state index contributed by atoms with van der Waals surface area (Å²) in [4.78, 5) is 4.38. The molecule has 1 heterocycles. The summed E-state index contributed by atoms with van der Waals surface area (Å²) in [6.45, 7) is 3.63. The molecular formula is C13H17N3. The molecule has 0 bridgehead atoms. The largest absolute Gasteiger partial charge is 0.330 e. The molecule has 0 aliphatic rings. The molecule has 2 rings (SSSR count). The lowest BCUT2D eigenvalue weighted by Crippen LogP contribution is -2.06. The number of nitrogens with zero attached hydrogens (tertiary/aromatic N) is 2. The average Bonchev–Trinajstić information content (AvgIpc) is 2.64. The second-order valence-corrected chi connectivity index (χ2v) is 3.93. The molecule has 0 aliphatic heterocycles. The predicted octanol–water partition coefficient (Wildman–Crippen LogP) is 1.74. The van der Waals surface area contributed by atoms with Crippen LogP contribution in [0.25, 0.3) is 0 Å². The zero-order valence-electron chi connectivity index (χ0n) is 9.56. The Balaban J connectivity index is 2.16. The summed E-state index contributed by atoms with van der Waals surface area (Å²) in [5.74, 6) is 0.